The molecule has 35 heavy (non-hydrogen) atoms. The van der Waals surface area contributed by atoms with E-state index in [-0.39, 0.29) is 5.91 Å². The van der Waals surface area contributed by atoms with Gasteiger partial charge >= 0.3 is 0 Å². The number of rotatable bonds is 7. The monoisotopic (exact) mass is 463 g/mol. The van der Waals surface area contributed by atoms with E-state index in [1.165, 1.54) is 11.1 Å². The predicted molar refractivity (Wildman–Crippen MR) is 139 cm³/mol. The number of piperazine rings is 1. The molecule has 6 nitrogen and oxygen atoms in total. The number of benzene rings is 3. The molecule has 4 aromatic rings. The van der Waals surface area contributed by atoms with Crippen LogP contribution in [0.2, 0.25) is 0 Å². The van der Waals surface area contributed by atoms with E-state index in [0.29, 0.717) is 18.1 Å². The summed E-state index contributed by atoms with van der Waals surface area (Å²) < 4.78 is 0. The highest BCUT2D eigenvalue weighted by atomic mass is 16.2. The summed E-state index contributed by atoms with van der Waals surface area (Å²) in [5.41, 5.74) is 5.12. The minimum atomic E-state index is 0.0904. The Kier molecular flexibility index (Phi) is 7.10. The highest BCUT2D eigenvalue weighted by molar-refractivity contribution is 5.94. The van der Waals surface area contributed by atoms with Crippen molar-refractivity contribution in [3.05, 3.63) is 114 Å². The zero-order valence-corrected chi connectivity index (χ0v) is 19.7. The van der Waals surface area contributed by atoms with Gasteiger partial charge in [-0.2, -0.15) is 0 Å². The van der Waals surface area contributed by atoms with E-state index in [1.54, 1.807) is 0 Å². The molecule has 0 spiro atoms. The van der Waals surface area contributed by atoms with E-state index in [9.17, 15) is 4.79 Å². The maximum atomic E-state index is 13.0. The summed E-state index contributed by atoms with van der Waals surface area (Å²) in [7, 11) is 0. The molecular weight excluding hydrogens is 434 g/mol. The Labute approximate surface area is 206 Å². The fraction of sp³-hybridized carbons (Fsp3) is 0.207. The van der Waals surface area contributed by atoms with Crippen LogP contribution in [0.15, 0.2) is 97.3 Å². The Morgan fingerprint density at radius 2 is 1.31 bits per heavy atom. The SMILES string of the molecule is O=C(c1ccc(-c2cnc(NCc3ccccc3)nc2)cc1)N1CCN(Cc2ccccc2)CC1. The van der Waals surface area contributed by atoms with Crippen molar-refractivity contribution in [3.8, 4) is 11.1 Å². The van der Waals surface area contributed by atoms with Crippen LogP contribution >= 0.6 is 0 Å². The van der Waals surface area contributed by atoms with Gasteiger partial charge in [0.25, 0.3) is 5.91 Å². The molecule has 6 heteroatoms. The number of carbonyl (C=O) groups excluding carboxylic acids is 1. The lowest BCUT2D eigenvalue weighted by Gasteiger charge is -2.34. The topological polar surface area (TPSA) is 61.4 Å². The predicted octanol–water partition coefficient (Wildman–Crippen LogP) is 4.71. The van der Waals surface area contributed by atoms with Crippen LogP contribution in [0.1, 0.15) is 21.5 Å². The van der Waals surface area contributed by atoms with Gasteiger partial charge in [-0.3, -0.25) is 9.69 Å². The summed E-state index contributed by atoms with van der Waals surface area (Å²) in [5.74, 6) is 0.684. The first kappa shape index (κ1) is 22.7. The molecule has 2 heterocycles. The standard InChI is InChI=1S/C29H29N5O/c35-28(34-17-15-33(16-18-34)22-24-9-5-2-6-10-24)26-13-11-25(12-14-26)27-20-31-29(32-21-27)30-19-23-7-3-1-4-8-23/h1-14,20-21H,15-19,22H2,(H,30,31,32). The molecule has 176 valence electrons. The number of anilines is 1. The zero-order chi connectivity index (χ0) is 23.9. The van der Waals surface area contributed by atoms with E-state index in [4.69, 9.17) is 0 Å². The molecule has 5 rings (SSSR count). The highest BCUT2D eigenvalue weighted by Crippen LogP contribution is 2.20. The van der Waals surface area contributed by atoms with E-state index >= 15 is 0 Å². The van der Waals surface area contributed by atoms with Crippen molar-refractivity contribution in [2.75, 3.05) is 31.5 Å². The lowest BCUT2D eigenvalue weighted by Crippen LogP contribution is -2.48. The van der Waals surface area contributed by atoms with Crippen molar-refractivity contribution in [1.29, 1.82) is 0 Å². The zero-order valence-electron chi connectivity index (χ0n) is 19.7. The van der Waals surface area contributed by atoms with Crippen LogP contribution in [-0.4, -0.2) is 51.9 Å². The van der Waals surface area contributed by atoms with Crippen molar-refractivity contribution >= 4 is 11.9 Å². The van der Waals surface area contributed by atoms with Crippen molar-refractivity contribution in [3.63, 3.8) is 0 Å². The number of nitrogens with one attached hydrogen (secondary N) is 1. The highest BCUT2D eigenvalue weighted by Gasteiger charge is 2.22. The number of hydrogen-bond acceptors (Lipinski definition) is 5. The number of aromatic nitrogens is 2. The van der Waals surface area contributed by atoms with Crippen LogP contribution in [0.3, 0.4) is 0 Å². The molecule has 1 N–H and O–H groups in total. The molecule has 0 atom stereocenters. The number of hydrogen-bond donors (Lipinski definition) is 1. The van der Waals surface area contributed by atoms with Crippen molar-refractivity contribution in [2.45, 2.75) is 13.1 Å². The smallest absolute Gasteiger partial charge is 0.253 e. The van der Waals surface area contributed by atoms with Gasteiger partial charge in [0.05, 0.1) is 0 Å². The molecule has 0 saturated carbocycles. The second-order valence-electron chi connectivity index (χ2n) is 8.77. The van der Waals surface area contributed by atoms with Gasteiger partial charge in [0.2, 0.25) is 5.95 Å². The maximum absolute atomic E-state index is 13.0. The van der Waals surface area contributed by atoms with Gasteiger partial charge in [-0.25, -0.2) is 9.97 Å². The third-order valence-corrected chi connectivity index (χ3v) is 6.32. The quantitative estimate of drug-likeness (QED) is 0.430. The molecule has 0 bridgehead atoms. The van der Waals surface area contributed by atoms with Gasteiger partial charge in [0, 0.05) is 62.8 Å². The minimum absolute atomic E-state index is 0.0904. The Morgan fingerprint density at radius 3 is 1.94 bits per heavy atom. The molecule has 0 aliphatic carbocycles. The van der Waals surface area contributed by atoms with E-state index in [2.05, 4.69) is 56.6 Å². The van der Waals surface area contributed by atoms with Crippen LogP contribution in [-0.2, 0) is 13.1 Å². The van der Waals surface area contributed by atoms with Gasteiger partial charge in [-0.05, 0) is 28.8 Å². The third-order valence-electron chi connectivity index (χ3n) is 6.32. The van der Waals surface area contributed by atoms with Crippen LogP contribution in [0.4, 0.5) is 5.95 Å². The normalized spacial score (nSPS) is 14.0. The molecule has 1 aliphatic heterocycles. The molecule has 0 unspecified atom stereocenters. The van der Waals surface area contributed by atoms with E-state index in [1.807, 2.05) is 65.8 Å². The Morgan fingerprint density at radius 1 is 0.714 bits per heavy atom. The summed E-state index contributed by atoms with van der Waals surface area (Å²) in [6.07, 6.45) is 3.62. The summed E-state index contributed by atoms with van der Waals surface area (Å²) in [5, 5.41) is 3.24. The number of nitrogens with zero attached hydrogens (tertiary/aromatic N) is 4. The Hall–Kier alpha value is -4.03. The summed E-state index contributed by atoms with van der Waals surface area (Å²) >= 11 is 0. The first-order valence-electron chi connectivity index (χ1n) is 12.0. The van der Waals surface area contributed by atoms with Crippen molar-refractivity contribution in [1.82, 2.24) is 19.8 Å². The fourth-order valence-corrected chi connectivity index (χ4v) is 4.28. The van der Waals surface area contributed by atoms with Crippen LogP contribution in [0, 0.1) is 0 Å². The Bertz CT molecular complexity index is 1220. The van der Waals surface area contributed by atoms with Crippen LogP contribution < -0.4 is 5.32 Å². The first-order valence-corrected chi connectivity index (χ1v) is 12.0. The molecule has 1 saturated heterocycles. The molecule has 1 aliphatic rings. The molecular formula is C29H29N5O. The van der Waals surface area contributed by atoms with Gasteiger partial charge in [-0.1, -0.05) is 72.8 Å². The second kappa shape index (κ2) is 10.9. The Balaban J connectivity index is 1.14. The molecule has 1 aromatic heterocycles. The van der Waals surface area contributed by atoms with E-state index in [0.717, 1.165) is 43.9 Å². The first-order chi connectivity index (χ1) is 17.2. The summed E-state index contributed by atoms with van der Waals surface area (Å²) in [6.45, 7) is 4.89. The largest absolute Gasteiger partial charge is 0.350 e. The van der Waals surface area contributed by atoms with Gasteiger partial charge in [-0.15, -0.1) is 0 Å². The van der Waals surface area contributed by atoms with Crippen LogP contribution in [0.5, 0.6) is 0 Å². The van der Waals surface area contributed by atoms with Gasteiger partial charge in [0.1, 0.15) is 0 Å². The molecule has 1 fully saturated rings. The average Bonchev–Trinajstić information content (AvgIpc) is 2.93. The molecule has 1 amide bonds. The van der Waals surface area contributed by atoms with Crippen molar-refractivity contribution < 1.29 is 4.79 Å². The lowest BCUT2D eigenvalue weighted by molar-refractivity contribution is 0.0628. The fourth-order valence-electron chi connectivity index (χ4n) is 4.28. The number of amides is 1. The van der Waals surface area contributed by atoms with Crippen molar-refractivity contribution in [2.24, 2.45) is 0 Å². The maximum Gasteiger partial charge on any atom is 0.253 e. The van der Waals surface area contributed by atoms with Gasteiger partial charge < -0.3 is 10.2 Å². The van der Waals surface area contributed by atoms with Crippen LogP contribution in [0.25, 0.3) is 11.1 Å². The lowest BCUT2D eigenvalue weighted by atomic mass is 10.1. The van der Waals surface area contributed by atoms with Gasteiger partial charge in [0.15, 0.2) is 0 Å². The number of carbonyl (C=O) groups is 1. The molecule has 0 radical (unpaired) electrons. The minimum Gasteiger partial charge on any atom is -0.350 e. The van der Waals surface area contributed by atoms with E-state index < -0.39 is 0 Å². The third kappa shape index (κ3) is 5.91. The average molecular weight is 464 g/mol. The second-order valence-corrected chi connectivity index (χ2v) is 8.77. The summed E-state index contributed by atoms with van der Waals surface area (Å²) in [4.78, 5) is 26.2. The molecule has 3 aromatic carbocycles. The summed E-state index contributed by atoms with van der Waals surface area (Å²) in [6, 6.07) is 28.4.